The van der Waals surface area contributed by atoms with Gasteiger partial charge in [0.1, 0.15) is 0 Å². The maximum absolute atomic E-state index is 7.90. The van der Waals surface area contributed by atoms with E-state index in [2.05, 4.69) is 4.89 Å². The highest BCUT2D eigenvalue weighted by Gasteiger charge is 2.06. The van der Waals surface area contributed by atoms with E-state index in [0.717, 1.165) is 10.0 Å². The number of benzene rings is 1. The van der Waals surface area contributed by atoms with Crippen LogP contribution >= 0.6 is 23.2 Å². The molecule has 1 aromatic rings. The number of rotatable bonds is 0. The van der Waals surface area contributed by atoms with E-state index in [9.17, 15) is 0 Å². The molecule has 0 unspecified atom stereocenters. The van der Waals surface area contributed by atoms with Crippen LogP contribution in [0.5, 0.6) is 0 Å². The molecular weight excluding hydrogens is 223 g/mol. The first-order chi connectivity index (χ1) is 6.35. The molecular formula is C10H14Cl2O2. The number of hydrogen-bond donors (Lipinski definition) is 1. The summed E-state index contributed by atoms with van der Waals surface area (Å²) < 4.78 is 0. The zero-order valence-corrected chi connectivity index (χ0v) is 9.93. The van der Waals surface area contributed by atoms with Crippen LogP contribution in [0.1, 0.15) is 20.8 Å². The monoisotopic (exact) mass is 236 g/mol. The van der Waals surface area contributed by atoms with E-state index < -0.39 is 5.60 Å². The molecule has 0 aliphatic heterocycles. The van der Waals surface area contributed by atoms with Crippen LogP contribution in [0.2, 0.25) is 10.0 Å². The maximum atomic E-state index is 7.90. The fourth-order valence-corrected chi connectivity index (χ4v) is 0.682. The first-order valence-electron chi connectivity index (χ1n) is 4.09. The van der Waals surface area contributed by atoms with Crippen LogP contribution in [-0.4, -0.2) is 10.9 Å². The summed E-state index contributed by atoms with van der Waals surface area (Å²) in [5.74, 6) is 0. The topological polar surface area (TPSA) is 29.5 Å². The summed E-state index contributed by atoms with van der Waals surface area (Å²) in [7, 11) is 0. The molecule has 80 valence electrons. The molecule has 0 atom stereocenters. The smallest absolute Gasteiger partial charge is 0.0949 e. The Kier molecular flexibility index (Phi) is 6.12. The van der Waals surface area contributed by atoms with E-state index in [1.54, 1.807) is 45.0 Å². The van der Waals surface area contributed by atoms with Crippen molar-refractivity contribution < 1.29 is 10.1 Å². The lowest BCUT2D eigenvalue weighted by molar-refractivity contribution is -0.306. The van der Waals surface area contributed by atoms with Crippen molar-refractivity contribution in [2.45, 2.75) is 26.4 Å². The van der Waals surface area contributed by atoms with Crippen LogP contribution in [0, 0.1) is 0 Å². The van der Waals surface area contributed by atoms with Gasteiger partial charge in [0.2, 0.25) is 0 Å². The van der Waals surface area contributed by atoms with Gasteiger partial charge in [-0.3, -0.25) is 5.26 Å². The van der Waals surface area contributed by atoms with E-state index in [-0.39, 0.29) is 0 Å². The summed E-state index contributed by atoms with van der Waals surface area (Å²) in [6.45, 7) is 5.31. The Morgan fingerprint density at radius 1 is 1.00 bits per heavy atom. The zero-order chi connectivity index (χ0) is 11.2. The van der Waals surface area contributed by atoms with E-state index in [0.29, 0.717) is 0 Å². The van der Waals surface area contributed by atoms with Crippen molar-refractivity contribution in [3.63, 3.8) is 0 Å². The fraction of sp³-hybridized carbons (Fsp3) is 0.400. The molecule has 0 heterocycles. The molecule has 14 heavy (non-hydrogen) atoms. The van der Waals surface area contributed by atoms with Crippen molar-refractivity contribution in [3.8, 4) is 0 Å². The predicted octanol–water partition coefficient (Wildman–Crippen LogP) is 4.27. The van der Waals surface area contributed by atoms with Gasteiger partial charge in [-0.1, -0.05) is 23.2 Å². The second-order valence-corrected chi connectivity index (χ2v) is 4.51. The van der Waals surface area contributed by atoms with Crippen LogP contribution in [-0.2, 0) is 4.89 Å². The lowest BCUT2D eigenvalue weighted by atomic mass is 10.2. The summed E-state index contributed by atoms with van der Waals surface area (Å²) in [5, 5.41) is 9.34. The third-order valence-electron chi connectivity index (χ3n) is 1.08. The Bertz CT molecular complexity index is 231. The highest BCUT2D eigenvalue weighted by molar-refractivity contribution is 6.32. The van der Waals surface area contributed by atoms with Crippen molar-refractivity contribution in [3.05, 3.63) is 34.3 Å². The summed E-state index contributed by atoms with van der Waals surface area (Å²) in [6.07, 6.45) is 0. The maximum Gasteiger partial charge on any atom is 0.0949 e. The van der Waals surface area contributed by atoms with Gasteiger partial charge in [-0.25, -0.2) is 4.89 Å². The fourth-order valence-electron chi connectivity index (χ4n) is 0.430. The normalized spacial score (nSPS) is 10.4. The Hall–Kier alpha value is -0.280. The molecule has 0 spiro atoms. The standard InChI is InChI=1S/C6H4Cl2.C4H10O2/c7-5-1-2-6(8)4-3-5;1-4(2,3)6-5/h1-4H;5H,1-3H3. The Balaban J connectivity index is 0.000000255. The van der Waals surface area contributed by atoms with Crippen LogP contribution in [0.25, 0.3) is 0 Å². The first kappa shape index (κ1) is 13.7. The molecule has 0 fully saturated rings. The van der Waals surface area contributed by atoms with Gasteiger partial charge in [-0.2, -0.15) is 0 Å². The van der Waals surface area contributed by atoms with Crippen molar-refractivity contribution in [2.24, 2.45) is 0 Å². The van der Waals surface area contributed by atoms with Gasteiger partial charge in [0.15, 0.2) is 0 Å². The van der Waals surface area contributed by atoms with Gasteiger partial charge in [-0.05, 0) is 45.0 Å². The second-order valence-electron chi connectivity index (χ2n) is 3.64. The van der Waals surface area contributed by atoms with Crippen LogP contribution in [0.3, 0.4) is 0 Å². The summed E-state index contributed by atoms with van der Waals surface area (Å²) in [5.41, 5.74) is -0.403. The van der Waals surface area contributed by atoms with Crippen LogP contribution in [0.4, 0.5) is 0 Å². The molecule has 0 aliphatic rings. The molecule has 0 radical (unpaired) electrons. The number of hydrogen-bond acceptors (Lipinski definition) is 2. The van der Waals surface area contributed by atoms with Crippen molar-refractivity contribution in [1.29, 1.82) is 0 Å². The average Bonchev–Trinajstić information content (AvgIpc) is 2.10. The van der Waals surface area contributed by atoms with Gasteiger partial charge in [0.25, 0.3) is 0 Å². The largest absolute Gasteiger partial charge is 0.251 e. The quantitative estimate of drug-likeness (QED) is 0.539. The van der Waals surface area contributed by atoms with E-state index in [1.165, 1.54) is 0 Å². The SMILES string of the molecule is CC(C)(C)OO.Clc1ccc(Cl)cc1. The third kappa shape index (κ3) is 8.32. The molecule has 1 N–H and O–H groups in total. The van der Waals surface area contributed by atoms with Gasteiger partial charge in [0, 0.05) is 10.0 Å². The van der Waals surface area contributed by atoms with E-state index in [1.807, 2.05) is 0 Å². The van der Waals surface area contributed by atoms with E-state index in [4.69, 9.17) is 28.5 Å². The molecule has 0 saturated heterocycles. The summed E-state index contributed by atoms with van der Waals surface area (Å²) in [6, 6.07) is 7.02. The minimum absolute atomic E-state index is 0.403. The molecule has 0 aromatic heterocycles. The highest BCUT2D eigenvalue weighted by atomic mass is 35.5. The minimum atomic E-state index is -0.403. The Morgan fingerprint density at radius 2 is 1.21 bits per heavy atom. The molecule has 4 heteroatoms. The molecule has 0 saturated carbocycles. The molecule has 0 amide bonds. The second kappa shape index (κ2) is 6.25. The molecule has 0 bridgehead atoms. The molecule has 2 nitrogen and oxygen atoms in total. The van der Waals surface area contributed by atoms with Crippen LogP contribution in [0.15, 0.2) is 24.3 Å². The lowest BCUT2D eigenvalue weighted by Crippen LogP contribution is -2.15. The lowest BCUT2D eigenvalue weighted by Gasteiger charge is -2.10. The summed E-state index contributed by atoms with van der Waals surface area (Å²) >= 11 is 11.1. The average molecular weight is 237 g/mol. The number of halogens is 2. The zero-order valence-electron chi connectivity index (χ0n) is 8.42. The first-order valence-corrected chi connectivity index (χ1v) is 4.84. The van der Waals surface area contributed by atoms with Crippen molar-refractivity contribution in [1.82, 2.24) is 0 Å². The Labute approximate surface area is 94.3 Å². The molecule has 1 rings (SSSR count). The minimum Gasteiger partial charge on any atom is -0.251 e. The van der Waals surface area contributed by atoms with E-state index >= 15 is 0 Å². The Morgan fingerprint density at radius 3 is 1.36 bits per heavy atom. The van der Waals surface area contributed by atoms with Crippen molar-refractivity contribution >= 4 is 23.2 Å². The van der Waals surface area contributed by atoms with Gasteiger partial charge in [-0.15, -0.1) is 0 Å². The van der Waals surface area contributed by atoms with Crippen LogP contribution < -0.4 is 0 Å². The van der Waals surface area contributed by atoms with Gasteiger partial charge in [0.05, 0.1) is 5.60 Å². The third-order valence-corrected chi connectivity index (χ3v) is 1.58. The van der Waals surface area contributed by atoms with Gasteiger partial charge >= 0.3 is 0 Å². The molecule has 0 aliphatic carbocycles. The van der Waals surface area contributed by atoms with Gasteiger partial charge < -0.3 is 0 Å². The summed E-state index contributed by atoms with van der Waals surface area (Å²) in [4.78, 5) is 3.94. The predicted molar refractivity (Wildman–Crippen MR) is 59.9 cm³/mol. The van der Waals surface area contributed by atoms with Crippen molar-refractivity contribution in [2.75, 3.05) is 0 Å². The highest BCUT2D eigenvalue weighted by Crippen LogP contribution is 2.12. The molecule has 1 aromatic carbocycles.